The van der Waals surface area contributed by atoms with Gasteiger partial charge in [-0.1, -0.05) is 18.2 Å². The number of hydrogen-bond acceptors (Lipinski definition) is 4. The minimum absolute atomic E-state index is 0.227. The first-order chi connectivity index (χ1) is 11.2. The summed E-state index contributed by atoms with van der Waals surface area (Å²) < 4.78 is 10.5. The molecule has 0 radical (unpaired) electrons. The van der Waals surface area contributed by atoms with Crippen LogP contribution >= 0.6 is 0 Å². The molecule has 1 aromatic heterocycles. The van der Waals surface area contributed by atoms with Crippen LogP contribution in [0.15, 0.2) is 47.3 Å². The Kier molecular flexibility index (Phi) is 4.10. The predicted molar refractivity (Wildman–Crippen MR) is 90.8 cm³/mol. The maximum absolute atomic E-state index is 12.1. The number of rotatable bonds is 4. The van der Waals surface area contributed by atoms with Crippen molar-refractivity contribution in [3.63, 3.8) is 0 Å². The summed E-state index contributed by atoms with van der Waals surface area (Å²) >= 11 is 0. The zero-order valence-electron chi connectivity index (χ0n) is 12.9. The fraction of sp³-hybridized carbons (Fsp3) is 0.111. The molecular formula is C18H16N2O3. The van der Waals surface area contributed by atoms with Gasteiger partial charge in [0.1, 0.15) is 17.2 Å². The summed E-state index contributed by atoms with van der Waals surface area (Å²) in [4.78, 5) is 19.3. The fourth-order valence-corrected chi connectivity index (χ4v) is 2.26. The molecular weight excluding hydrogens is 292 g/mol. The van der Waals surface area contributed by atoms with Crippen molar-refractivity contribution >= 4 is 23.2 Å². The molecule has 0 saturated heterocycles. The van der Waals surface area contributed by atoms with Crippen molar-refractivity contribution in [2.24, 2.45) is 0 Å². The highest BCUT2D eigenvalue weighted by molar-refractivity contribution is 5.76. The molecule has 0 saturated carbocycles. The highest BCUT2D eigenvalue weighted by Gasteiger charge is 2.03. The molecule has 0 fully saturated rings. The van der Waals surface area contributed by atoms with E-state index in [9.17, 15) is 4.79 Å². The summed E-state index contributed by atoms with van der Waals surface area (Å²) in [7, 11) is 3.19. The molecule has 0 aliphatic heterocycles. The Morgan fingerprint density at radius 3 is 2.39 bits per heavy atom. The average molecular weight is 308 g/mol. The quantitative estimate of drug-likeness (QED) is 0.804. The maximum atomic E-state index is 12.1. The number of para-hydroxylation sites is 2. The van der Waals surface area contributed by atoms with Crippen LogP contribution in [0.2, 0.25) is 0 Å². The van der Waals surface area contributed by atoms with Gasteiger partial charge in [-0.15, -0.1) is 0 Å². The normalized spacial score (nSPS) is 11.0. The van der Waals surface area contributed by atoms with Crippen LogP contribution in [0.5, 0.6) is 11.5 Å². The van der Waals surface area contributed by atoms with Gasteiger partial charge in [0.25, 0.3) is 5.56 Å². The number of aromatic nitrogens is 2. The lowest BCUT2D eigenvalue weighted by molar-refractivity contribution is 0.394. The monoisotopic (exact) mass is 308 g/mol. The number of aromatic amines is 1. The lowest BCUT2D eigenvalue weighted by atomic mass is 10.1. The molecule has 116 valence electrons. The Labute approximate surface area is 133 Å². The number of fused-ring (bicyclic) bond motifs is 1. The molecule has 1 heterocycles. The maximum Gasteiger partial charge on any atom is 0.274 e. The van der Waals surface area contributed by atoms with E-state index in [4.69, 9.17) is 9.47 Å². The Morgan fingerprint density at radius 1 is 1.00 bits per heavy atom. The van der Waals surface area contributed by atoms with Gasteiger partial charge >= 0.3 is 0 Å². The van der Waals surface area contributed by atoms with Crippen molar-refractivity contribution in [1.82, 2.24) is 9.97 Å². The van der Waals surface area contributed by atoms with E-state index < -0.39 is 0 Å². The second-order valence-electron chi connectivity index (χ2n) is 4.95. The summed E-state index contributed by atoms with van der Waals surface area (Å²) in [5, 5.41) is 0. The second kappa shape index (κ2) is 6.36. The molecule has 5 nitrogen and oxygen atoms in total. The van der Waals surface area contributed by atoms with Gasteiger partial charge in [0.05, 0.1) is 25.3 Å². The largest absolute Gasteiger partial charge is 0.497 e. The molecule has 5 heteroatoms. The summed E-state index contributed by atoms with van der Waals surface area (Å²) in [6.07, 6.45) is 3.48. The van der Waals surface area contributed by atoms with Gasteiger partial charge < -0.3 is 14.5 Å². The van der Waals surface area contributed by atoms with Crippen molar-refractivity contribution in [1.29, 1.82) is 0 Å². The van der Waals surface area contributed by atoms with E-state index in [2.05, 4.69) is 9.97 Å². The van der Waals surface area contributed by atoms with Crippen molar-refractivity contribution in [3.8, 4) is 11.5 Å². The van der Waals surface area contributed by atoms with E-state index in [0.717, 1.165) is 16.6 Å². The number of nitrogens with zero attached hydrogens (tertiary/aromatic N) is 1. The van der Waals surface area contributed by atoms with Gasteiger partial charge in [-0.3, -0.25) is 4.79 Å². The molecule has 0 aliphatic carbocycles. The number of ether oxygens (including phenoxy) is 2. The third kappa shape index (κ3) is 3.23. The van der Waals surface area contributed by atoms with Crippen molar-refractivity contribution in [2.45, 2.75) is 0 Å². The summed E-state index contributed by atoms with van der Waals surface area (Å²) in [5.41, 5.74) is 2.45. The highest BCUT2D eigenvalue weighted by Crippen LogP contribution is 2.23. The van der Waals surface area contributed by atoms with Crippen molar-refractivity contribution in [2.75, 3.05) is 14.2 Å². The van der Waals surface area contributed by atoms with E-state index in [1.807, 2.05) is 36.4 Å². The Balaban J connectivity index is 1.99. The highest BCUT2D eigenvalue weighted by atomic mass is 16.5. The molecule has 0 unspecified atom stereocenters. The number of H-pyrrole nitrogens is 1. The lowest BCUT2D eigenvalue weighted by Crippen LogP contribution is -2.11. The average Bonchev–Trinajstić information content (AvgIpc) is 2.59. The van der Waals surface area contributed by atoms with Gasteiger partial charge in [0, 0.05) is 6.07 Å². The molecule has 3 aromatic rings. The molecule has 2 aromatic carbocycles. The summed E-state index contributed by atoms with van der Waals surface area (Å²) in [6, 6.07) is 12.9. The predicted octanol–water partition coefficient (Wildman–Crippen LogP) is 3.11. The minimum atomic E-state index is -0.227. The molecule has 0 aliphatic rings. The molecule has 3 rings (SSSR count). The van der Waals surface area contributed by atoms with Crippen LogP contribution < -0.4 is 15.0 Å². The van der Waals surface area contributed by atoms with Crippen LogP contribution in [0.4, 0.5) is 0 Å². The van der Waals surface area contributed by atoms with Gasteiger partial charge in [-0.05, 0) is 35.9 Å². The van der Waals surface area contributed by atoms with Crippen molar-refractivity contribution < 1.29 is 9.47 Å². The topological polar surface area (TPSA) is 64.2 Å². The van der Waals surface area contributed by atoms with Crippen LogP contribution in [0.25, 0.3) is 23.2 Å². The first-order valence-corrected chi connectivity index (χ1v) is 7.10. The number of methoxy groups -OCH3 is 2. The van der Waals surface area contributed by atoms with Gasteiger partial charge in [0.15, 0.2) is 0 Å². The summed E-state index contributed by atoms with van der Waals surface area (Å²) in [5.74, 6) is 1.37. The molecule has 0 amide bonds. The third-order valence-corrected chi connectivity index (χ3v) is 3.43. The molecule has 0 atom stereocenters. The van der Waals surface area contributed by atoms with Crippen molar-refractivity contribution in [3.05, 3.63) is 64.1 Å². The SMILES string of the molecule is COc1cc(/C=C/c2nc3ccccc3[nH]c2=O)cc(OC)c1. The van der Waals surface area contributed by atoms with E-state index in [1.165, 1.54) is 0 Å². The third-order valence-electron chi connectivity index (χ3n) is 3.43. The standard InChI is InChI=1S/C18H16N2O3/c1-22-13-9-12(10-14(11-13)23-2)7-8-17-18(21)20-16-6-4-3-5-15(16)19-17/h3-11H,1-2H3,(H,20,21)/b8-7+. The summed E-state index contributed by atoms with van der Waals surface area (Å²) in [6.45, 7) is 0. The van der Waals surface area contributed by atoms with E-state index in [1.54, 1.807) is 32.4 Å². The molecule has 0 bridgehead atoms. The number of hydrogen-bond donors (Lipinski definition) is 1. The lowest BCUT2D eigenvalue weighted by Gasteiger charge is -2.05. The minimum Gasteiger partial charge on any atom is -0.497 e. The van der Waals surface area contributed by atoms with Crippen LogP contribution in [0.1, 0.15) is 11.3 Å². The van der Waals surface area contributed by atoms with E-state index in [-0.39, 0.29) is 5.56 Å². The Bertz CT molecular complexity index is 907. The van der Waals surface area contributed by atoms with Crippen LogP contribution in [-0.4, -0.2) is 24.2 Å². The first kappa shape index (κ1) is 14.8. The Morgan fingerprint density at radius 2 is 1.70 bits per heavy atom. The molecule has 23 heavy (non-hydrogen) atoms. The van der Waals surface area contributed by atoms with Crippen LogP contribution in [0, 0.1) is 0 Å². The zero-order chi connectivity index (χ0) is 16.2. The zero-order valence-corrected chi connectivity index (χ0v) is 12.9. The van der Waals surface area contributed by atoms with Gasteiger partial charge in [-0.2, -0.15) is 0 Å². The number of benzene rings is 2. The van der Waals surface area contributed by atoms with Crippen LogP contribution in [-0.2, 0) is 0 Å². The number of nitrogens with one attached hydrogen (secondary N) is 1. The van der Waals surface area contributed by atoms with Gasteiger partial charge in [-0.25, -0.2) is 4.98 Å². The van der Waals surface area contributed by atoms with Crippen LogP contribution in [0.3, 0.4) is 0 Å². The van der Waals surface area contributed by atoms with E-state index >= 15 is 0 Å². The van der Waals surface area contributed by atoms with Gasteiger partial charge in [0.2, 0.25) is 0 Å². The Hall–Kier alpha value is -3.08. The first-order valence-electron chi connectivity index (χ1n) is 7.10. The molecule has 0 spiro atoms. The second-order valence-corrected chi connectivity index (χ2v) is 4.95. The fourth-order valence-electron chi connectivity index (χ4n) is 2.26. The van der Waals surface area contributed by atoms with E-state index in [0.29, 0.717) is 17.2 Å². The smallest absolute Gasteiger partial charge is 0.274 e. The molecule has 1 N–H and O–H groups in total.